The van der Waals surface area contributed by atoms with Crippen molar-refractivity contribution in [2.24, 2.45) is 5.92 Å². The van der Waals surface area contributed by atoms with Gasteiger partial charge in [-0.15, -0.1) is 11.3 Å². The molecule has 0 amide bonds. The second kappa shape index (κ2) is 5.32. The summed E-state index contributed by atoms with van der Waals surface area (Å²) in [5, 5.41) is 3.64. The summed E-state index contributed by atoms with van der Waals surface area (Å²) in [5.41, 5.74) is 0. The topological polar surface area (TPSA) is 9.72 Å². The minimum Gasteiger partial charge on any atom is -0.361 e. The summed E-state index contributed by atoms with van der Waals surface area (Å²) in [4.78, 5) is 8.08. The number of fused-ring (bicyclic) bond motifs is 3. The molecule has 4 fully saturated rings. The Kier molecular flexibility index (Phi) is 3.49. The first-order valence-corrected chi connectivity index (χ1v) is 8.97. The first-order chi connectivity index (χ1) is 9.83. The van der Waals surface area contributed by atoms with E-state index in [1.165, 1.54) is 57.1 Å². The largest absolute Gasteiger partial charge is 0.361 e. The van der Waals surface area contributed by atoms with Crippen molar-refractivity contribution in [2.75, 3.05) is 44.2 Å². The van der Waals surface area contributed by atoms with Crippen LogP contribution in [0.25, 0.3) is 0 Å². The molecular weight excluding hydrogens is 266 g/mol. The lowest BCUT2D eigenvalue weighted by Crippen LogP contribution is -2.65. The number of piperidine rings is 3. The van der Waals surface area contributed by atoms with Crippen LogP contribution in [0.3, 0.4) is 0 Å². The van der Waals surface area contributed by atoms with Crippen molar-refractivity contribution in [3.63, 3.8) is 0 Å². The lowest BCUT2D eigenvalue weighted by Gasteiger charge is -2.55. The molecule has 4 heteroatoms. The lowest BCUT2D eigenvalue weighted by atomic mass is 9.78. The number of piperazine rings is 1. The molecule has 0 radical (unpaired) electrons. The van der Waals surface area contributed by atoms with E-state index in [9.17, 15) is 0 Å². The minimum absolute atomic E-state index is 0.774. The first-order valence-electron chi connectivity index (χ1n) is 8.09. The van der Waals surface area contributed by atoms with Gasteiger partial charge in [0.15, 0.2) is 0 Å². The predicted octanol–water partition coefficient (Wildman–Crippen LogP) is 2.35. The molecule has 5 heterocycles. The monoisotopic (exact) mass is 291 g/mol. The third kappa shape index (κ3) is 2.18. The molecule has 5 rings (SSSR count). The average molecular weight is 291 g/mol. The Morgan fingerprint density at radius 3 is 2.35 bits per heavy atom. The fraction of sp³-hybridized carbons (Fsp3) is 0.750. The highest BCUT2D eigenvalue weighted by atomic mass is 32.1. The molecule has 0 aliphatic carbocycles. The minimum atomic E-state index is 0.774. The van der Waals surface area contributed by atoms with E-state index >= 15 is 0 Å². The standard InChI is InChI=1S/C16H25N3S/c1-13-16(14-4-6-17(13)7-5-14)19-10-8-18(9-11-19)15-3-2-12-20-15/h2-3,12-14,16H,4-11H2,1H3/t13-,16-/m0/s1. The van der Waals surface area contributed by atoms with E-state index in [-0.39, 0.29) is 0 Å². The van der Waals surface area contributed by atoms with Crippen LogP contribution in [0, 0.1) is 5.92 Å². The zero-order chi connectivity index (χ0) is 13.5. The molecule has 4 aliphatic rings. The maximum atomic E-state index is 2.80. The van der Waals surface area contributed by atoms with Crippen LogP contribution in [0.5, 0.6) is 0 Å². The van der Waals surface area contributed by atoms with Crippen molar-refractivity contribution in [3.05, 3.63) is 17.5 Å². The molecule has 110 valence electrons. The zero-order valence-electron chi connectivity index (χ0n) is 12.4. The Morgan fingerprint density at radius 2 is 1.75 bits per heavy atom. The second-order valence-electron chi connectivity index (χ2n) is 6.58. The van der Waals surface area contributed by atoms with Gasteiger partial charge in [-0.1, -0.05) is 0 Å². The average Bonchev–Trinajstić information content (AvgIpc) is 3.03. The Labute approximate surface area is 126 Å². The Balaban J connectivity index is 1.42. The van der Waals surface area contributed by atoms with Gasteiger partial charge in [-0.2, -0.15) is 0 Å². The molecule has 0 spiro atoms. The third-order valence-corrected chi connectivity index (χ3v) is 6.61. The van der Waals surface area contributed by atoms with Crippen molar-refractivity contribution in [2.45, 2.75) is 31.8 Å². The van der Waals surface area contributed by atoms with E-state index in [0.29, 0.717) is 0 Å². The zero-order valence-corrected chi connectivity index (χ0v) is 13.2. The highest BCUT2D eigenvalue weighted by Gasteiger charge is 2.43. The number of hydrogen-bond acceptors (Lipinski definition) is 4. The summed E-state index contributed by atoms with van der Waals surface area (Å²) in [5.74, 6) is 0.961. The van der Waals surface area contributed by atoms with Crippen molar-refractivity contribution in [1.29, 1.82) is 0 Å². The fourth-order valence-corrected chi connectivity index (χ4v) is 5.36. The van der Waals surface area contributed by atoms with Gasteiger partial charge in [0.2, 0.25) is 0 Å². The van der Waals surface area contributed by atoms with Gasteiger partial charge < -0.3 is 4.90 Å². The van der Waals surface area contributed by atoms with Gasteiger partial charge in [0.25, 0.3) is 0 Å². The molecule has 0 N–H and O–H groups in total. The summed E-state index contributed by atoms with van der Waals surface area (Å²) in [7, 11) is 0. The quantitative estimate of drug-likeness (QED) is 0.828. The van der Waals surface area contributed by atoms with E-state index in [1.54, 1.807) is 0 Å². The van der Waals surface area contributed by atoms with Crippen LogP contribution in [0.1, 0.15) is 19.8 Å². The molecule has 0 saturated carbocycles. The first kappa shape index (κ1) is 13.1. The molecule has 3 nitrogen and oxygen atoms in total. The van der Waals surface area contributed by atoms with Crippen LogP contribution < -0.4 is 4.90 Å². The maximum absolute atomic E-state index is 2.80. The molecule has 1 aromatic heterocycles. The lowest BCUT2D eigenvalue weighted by molar-refractivity contribution is -0.0384. The van der Waals surface area contributed by atoms with E-state index < -0.39 is 0 Å². The Hall–Kier alpha value is -0.580. The molecule has 0 unspecified atom stereocenters. The van der Waals surface area contributed by atoms with Gasteiger partial charge >= 0.3 is 0 Å². The molecule has 20 heavy (non-hydrogen) atoms. The summed E-state index contributed by atoms with van der Waals surface area (Å²) in [6.07, 6.45) is 2.86. The maximum Gasteiger partial charge on any atom is 0.0909 e. The molecular formula is C16H25N3S. The summed E-state index contributed by atoms with van der Waals surface area (Å²) in [6, 6.07) is 6.03. The number of anilines is 1. The molecule has 4 aliphatic heterocycles. The van der Waals surface area contributed by atoms with Gasteiger partial charge in [-0.3, -0.25) is 9.80 Å². The van der Waals surface area contributed by atoms with E-state index in [4.69, 9.17) is 0 Å². The SMILES string of the molecule is C[C@H]1[C@H](N2CCN(c3cccs3)CC2)C2CCN1CC2. The van der Waals surface area contributed by atoms with Crippen LogP contribution in [0.15, 0.2) is 17.5 Å². The highest BCUT2D eigenvalue weighted by Crippen LogP contribution is 2.36. The van der Waals surface area contributed by atoms with Crippen molar-refractivity contribution in [1.82, 2.24) is 9.80 Å². The molecule has 4 saturated heterocycles. The number of nitrogens with zero attached hydrogens (tertiary/aromatic N) is 3. The number of hydrogen-bond donors (Lipinski definition) is 0. The second-order valence-corrected chi connectivity index (χ2v) is 7.51. The predicted molar refractivity (Wildman–Crippen MR) is 85.7 cm³/mol. The number of thiophene rings is 1. The van der Waals surface area contributed by atoms with E-state index in [1.807, 2.05) is 11.3 Å². The summed E-state index contributed by atoms with van der Waals surface area (Å²) >= 11 is 1.88. The van der Waals surface area contributed by atoms with Crippen LogP contribution in [-0.2, 0) is 0 Å². The smallest absolute Gasteiger partial charge is 0.0909 e. The van der Waals surface area contributed by atoms with Gasteiger partial charge in [-0.25, -0.2) is 0 Å². The van der Waals surface area contributed by atoms with Crippen LogP contribution in [-0.4, -0.2) is 61.2 Å². The van der Waals surface area contributed by atoms with E-state index in [0.717, 1.165) is 18.0 Å². The van der Waals surface area contributed by atoms with E-state index in [2.05, 4.69) is 39.1 Å². The van der Waals surface area contributed by atoms with Crippen molar-refractivity contribution in [3.8, 4) is 0 Å². The molecule has 0 aromatic carbocycles. The molecule has 1 aromatic rings. The van der Waals surface area contributed by atoms with Crippen LogP contribution in [0.4, 0.5) is 5.00 Å². The normalized spacial score (nSPS) is 38.4. The van der Waals surface area contributed by atoms with Crippen LogP contribution in [0.2, 0.25) is 0 Å². The van der Waals surface area contributed by atoms with Gasteiger partial charge in [-0.05, 0) is 56.3 Å². The highest BCUT2D eigenvalue weighted by molar-refractivity contribution is 7.14. The number of rotatable bonds is 2. The Morgan fingerprint density at radius 1 is 1.00 bits per heavy atom. The molecule has 2 atom stereocenters. The third-order valence-electron chi connectivity index (χ3n) is 5.68. The summed E-state index contributed by atoms with van der Waals surface area (Å²) in [6.45, 7) is 10.1. The van der Waals surface area contributed by atoms with Crippen molar-refractivity contribution >= 4 is 16.3 Å². The Bertz CT molecular complexity index is 429. The summed E-state index contributed by atoms with van der Waals surface area (Å²) < 4.78 is 0. The van der Waals surface area contributed by atoms with Gasteiger partial charge in [0, 0.05) is 38.3 Å². The molecule has 2 bridgehead atoms. The van der Waals surface area contributed by atoms with Crippen LogP contribution >= 0.6 is 11.3 Å². The van der Waals surface area contributed by atoms with Gasteiger partial charge in [0.05, 0.1) is 5.00 Å². The van der Waals surface area contributed by atoms with Crippen molar-refractivity contribution < 1.29 is 0 Å². The fourth-order valence-electron chi connectivity index (χ4n) is 4.57. The van der Waals surface area contributed by atoms with Gasteiger partial charge in [0.1, 0.15) is 0 Å².